The lowest BCUT2D eigenvalue weighted by molar-refractivity contribution is -0.143. The van der Waals surface area contributed by atoms with Gasteiger partial charge in [-0.05, 0) is 94.8 Å². The molecule has 0 N–H and O–H groups in total. The van der Waals surface area contributed by atoms with Gasteiger partial charge in [-0.25, -0.2) is 0 Å². The fourth-order valence-corrected chi connectivity index (χ4v) is 3.62. The van der Waals surface area contributed by atoms with Crippen molar-refractivity contribution in [2.45, 2.75) is 71.9 Å². The number of carbonyl (C=O) groups excluding carboxylic acids is 2. The van der Waals surface area contributed by atoms with E-state index in [4.69, 9.17) is 9.47 Å². The minimum absolute atomic E-state index is 0.0184. The van der Waals surface area contributed by atoms with Crippen LogP contribution in [0.3, 0.4) is 0 Å². The molecule has 1 aliphatic rings. The van der Waals surface area contributed by atoms with Crippen molar-refractivity contribution in [1.29, 1.82) is 0 Å². The summed E-state index contributed by atoms with van der Waals surface area (Å²) in [4.78, 5) is 26.4. The third kappa shape index (κ3) is 9.13. The maximum absolute atomic E-state index is 13.2. The highest BCUT2D eigenvalue weighted by molar-refractivity contribution is 5.94. The second kappa shape index (κ2) is 13.6. The zero-order valence-electron chi connectivity index (χ0n) is 21.2. The first kappa shape index (κ1) is 26.3. The van der Waals surface area contributed by atoms with E-state index in [0.717, 1.165) is 36.1 Å². The molecular formula is C30H37NO4. The number of esters is 1. The third-order valence-corrected chi connectivity index (χ3v) is 5.89. The standard InChI is InChI=1S/C30H37NO4/c1-4-34-29(32)8-6-5-7-21-35-28-19-15-26(16-20-28)22-31(23(2)3)30(33)27-17-13-25(14-18-27)12-11-24-9-10-24/h13-20,23-24H,4-10,21-22H2,1-3H3. The Hall–Kier alpha value is -3.26. The lowest BCUT2D eigenvalue weighted by atomic mass is 10.1. The van der Waals surface area contributed by atoms with Crippen LogP contribution in [-0.2, 0) is 16.1 Å². The Bertz CT molecular complexity index is 1010. The van der Waals surface area contributed by atoms with E-state index in [1.54, 1.807) is 0 Å². The molecule has 1 fully saturated rings. The minimum Gasteiger partial charge on any atom is -0.494 e. The van der Waals surface area contributed by atoms with Crippen LogP contribution in [0.1, 0.15) is 80.8 Å². The number of unbranched alkanes of at least 4 members (excludes halogenated alkanes) is 2. The molecule has 0 bridgehead atoms. The monoisotopic (exact) mass is 475 g/mol. The fourth-order valence-electron chi connectivity index (χ4n) is 3.62. The Morgan fingerprint density at radius 2 is 1.71 bits per heavy atom. The number of benzene rings is 2. The summed E-state index contributed by atoms with van der Waals surface area (Å²) in [7, 11) is 0. The molecule has 0 aromatic heterocycles. The third-order valence-electron chi connectivity index (χ3n) is 5.89. The van der Waals surface area contributed by atoms with Crippen LogP contribution in [0.4, 0.5) is 0 Å². The molecule has 5 heteroatoms. The van der Waals surface area contributed by atoms with E-state index in [0.29, 0.717) is 37.7 Å². The molecule has 2 aromatic carbocycles. The maximum Gasteiger partial charge on any atom is 0.305 e. The summed E-state index contributed by atoms with van der Waals surface area (Å²) < 4.78 is 10.8. The molecule has 0 saturated heterocycles. The quantitative estimate of drug-likeness (QED) is 0.215. The predicted octanol–water partition coefficient (Wildman–Crippen LogP) is 6.00. The zero-order chi connectivity index (χ0) is 25.0. The van der Waals surface area contributed by atoms with Gasteiger partial charge >= 0.3 is 5.97 Å². The summed E-state index contributed by atoms with van der Waals surface area (Å²) in [5.41, 5.74) is 2.69. The predicted molar refractivity (Wildman–Crippen MR) is 138 cm³/mol. The van der Waals surface area contributed by atoms with Gasteiger partial charge in [0, 0.05) is 36.1 Å². The topological polar surface area (TPSA) is 55.8 Å². The highest BCUT2D eigenvalue weighted by Crippen LogP contribution is 2.27. The van der Waals surface area contributed by atoms with Gasteiger partial charge in [-0.15, -0.1) is 0 Å². The van der Waals surface area contributed by atoms with Gasteiger partial charge in [-0.3, -0.25) is 9.59 Å². The molecule has 0 unspecified atom stereocenters. The lowest BCUT2D eigenvalue weighted by Gasteiger charge is -2.27. The minimum atomic E-state index is -0.131. The van der Waals surface area contributed by atoms with Gasteiger partial charge < -0.3 is 14.4 Å². The number of hydrogen-bond donors (Lipinski definition) is 0. The van der Waals surface area contributed by atoms with E-state index in [-0.39, 0.29) is 17.9 Å². The van der Waals surface area contributed by atoms with Crippen LogP contribution < -0.4 is 4.74 Å². The molecule has 0 atom stereocenters. The molecule has 0 spiro atoms. The van der Waals surface area contributed by atoms with E-state index in [9.17, 15) is 9.59 Å². The first-order valence-electron chi connectivity index (χ1n) is 12.8. The average Bonchev–Trinajstić information content (AvgIpc) is 3.69. The Labute approximate surface area is 209 Å². The number of hydrogen-bond acceptors (Lipinski definition) is 4. The fraction of sp³-hybridized carbons (Fsp3) is 0.467. The van der Waals surface area contributed by atoms with Crippen LogP contribution in [0.2, 0.25) is 0 Å². The summed E-state index contributed by atoms with van der Waals surface area (Å²) in [5.74, 6) is 7.71. The average molecular weight is 476 g/mol. The second-order valence-corrected chi connectivity index (χ2v) is 9.26. The van der Waals surface area contributed by atoms with E-state index in [1.807, 2.05) is 74.2 Å². The molecule has 0 radical (unpaired) electrons. The van der Waals surface area contributed by atoms with Gasteiger partial charge in [0.05, 0.1) is 13.2 Å². The number of amides is 1. The first-order chi connectivity index (χ1) is 17.0. The van der Waals surface area contributed by atoms with Gasteiger partial charge in [-0.2, -0.15) is 0 Å². The maximum atomic E-state index is 13.2. The Balaban J connectivity index is 1.46. The van der Waals surface area contributed by atoms with Crippen molar-refractivity contribution in [2.75, 3.05) is 13.2 Å². The summed E-state index contributed by atoms with van der Waals surface area (Å²) >= 11 is 0. The SMILES string of the molecule is CCOC(=O)CCCCCOc1ccc(CN(C(=O)c2ccc(C#CC3CC3)cc2)C(C)C)cc1. The molecule has 186 valence electrons. The van der Waals surface area contributed by atoms with Crippen molar-refractivity contribution >= 4 is 11.9 Å². The molecule has 1 amide bonds. The second-order valence-electron chi connectivity index (χ2n) is 9.26. The Morgan fingerprint density at radius 1 is 1.00 bits per heavy atom. The van der Waals surface area contributed by atoms with Crippen LogP contribution in [-0.4, -0.2) is 36.0 Å². The van der Waals surface area contributed by atoms with Crippen LogP contribution in [0, 0.1) is 17.8 Å². The molecule has 35 heavy (non-hydrogen) atoms. The number of ether oxygens (including phenoxy) is 2. The first-order valence-corrected chi connectivity index (χ1v) is 12.8. The molecular weight excluding hydrogens is 438 g/mol. The van der Waals surface area contributed by atoms with Crippen molar-refractivity contribution in [1.82, 2.24) is 4.90 Å². The van der Waals surface area contributed by atoms with E-state index < -0.39 is 0 Å². The van der Waals surface area contributed by atoms with Gasteiger partial charge in [0.2, 0.25) is 0 Å². The molecule has 5 nitrogen and oxygen atoms in total. The number of carbonyl (C=O) groups is 2. The number of rotatable bonds is 12. The Kier molecular flexibility index (Phi) is 10.2. The largest absolute Gasteiger partial charge is 0.494 e. The van der Waals surface area contributed by atoms with Crippen molar-refractivity contribution in [2.24, 2.45) is 5.92 Å². The molecule has 0 aliphatic heterocycles. The lowest BCUT2D eigenvalue weighted by Crippen LogP contribution is -2.36. The van der Waals surface area contributed by atoms with Gasteiger partial charge in [-0.1, -0.05) is 24.0 Å². The van der Waals surface area contributed by atoms with Crippen molar-refractivity contribution in [3.05, 3.63) is 65.2 Å². The normalized spacial score (nSPS) is 12.6. The summed E-state index contributed by atoms with van der Waals surface area (Å²) in [6.45, 7) is 7.47. The van der Waals surface area contributed by atoms with E-state index in [1.165, 1.54) is 12.8 Å². The summed E-state index contributed by atoms with van der Waals surface area (Å²) in [5, 5.41) is 0. The molecule has 1 saturated carbocycles. The van der Waals surface area contributed by atoms with Crippen LogP contribution >= 0.6 is 0 Å². The highest BCUT2D eigenvalue weighted by atomic mass is 16.5. The van der Waals surface area contributed by atoms with Gasteiger partial charge in [0.25, 0.3) is 5.91 Å². The molecule has 2 aromatic rings. The molecule has 1 aliphatic carbocycles. The number of nitrogens with zero attached hydrogens (tertiary/aromatic N) is 1. The summed E-state index contributed by atoms with van der Waals surface area (Å²) in [6.07, 6.45) is 5.51. The van der Waals surface area contributed by atoms with Crippen LogP contribution in [0.5, 0.6) is 5.75 Å². The smallest absolute Gasteiger partial charge is 0.305 e. The van der Waals surface area contributed by atoms with Crippen LogP contribution in [0.15, 0.2) is 48.5 Å². The van der Waals surface area contributed by atoms with Crippen molar-refractivity contribution in [3.63, 3.8) is 0 Å². The molecule has 0 heterocycles. The van der Waals surface area contributed by atoms with E-state index in [2.05, 4.69) is 11.8 Å². The van der Waals surface area contributed by atoms with Crippen molar-refractivity contribution in [3.8, 4) is 17.6 Å². The van der Waals surface area contributed by atoms with Crippen LogP contribution in [0.25, 0.3) is 0 Å². The Morgan fingerprint density at radius 3 is 2.34 bits per heavy atom. The van der Waals surface area contributed by atoms with Gasteiger partial charge in [0.15, 0.2) is 0 Å². The van der Waals surface area contributed by atoms with Gasteiger partial charge in [0.1, 0.15) is 5.75 Å². The van der Waals surface area contributed by atoms with E-state index >= 15 is 0 Å². The highest BCUT2D eigenvalue weighted by Gasteiger charge is 2.20. The molecule has 3 rings (SSSR count). The summed E-state index contributed by atoms with van der Waals surface area (Å²) in [6, 6.07) is 15.6. The zero-order valence-corrected chi connectivity index (χ0v) is 21.2. The van der Waals surface area contributed by atoms with Crippen molar-refractivity contribution < 1.29 is 19.1 Å².